The standard InChI is InChI=1S/C24H25N3O4/c1-24(16-28,17-7-3-2-4-8-17)15-26-23(30)27-18-11-13-19(14-12-18)31-21-10-6-5-9-20(21)22(25)29/h2-14,28H,15-16H2,1H3,(H2,25,29)(H2,26,27,30). The predicted octanol–water partition coefficient (Wildman–Crippen LogP) is 3.65. The maximum atomic E-state index is 12.3. The number of amides is 3. The first-order valence-corrected chi connectivity index (χ1v) is 9.79. The smallest absolute Gasteiger partial charge is 0.319 e. The van der Waals surface area contributed by atoms with Crippen LogP contribution < -0.4 is 21.1 Å². The second-order valence-corrected chi connectivity index (χ2v) is 7.38. The molecule has 3 aromatic rings. The zero-order chi connectivity index (χ0) is 22.3. The molecular weight excluding hydrogens is 394 g/mol. The zero-order valence-corrected chi connectivity index (χ0v) is 17.2. The summed E-state index contributed by atoms with van der Waals surface area (Å²) >= 11 is 0. The molecule has 3 rings (SSSR count). The van der Waals surface area contributed by atoms with Crippen molar-refractivity contribution < 1.29 is 19.4 Å². The third kappa shape index (κ3) is 5.61. The number of anilines is 1. The quantitative estimate of drug-likeness (QED) is 0.446. The van der Waals surface area contributed by atoms with Gasteiger partial charge < -0.3 is 26.2 Å². The number of aliphatic hydroxyl groups is 1. The molecule has 0 saturated heterocycles. The van der Waals surface area contributed by atoms with Crippen molar-refractivity contribution in [3.05, 3.63) is 90.0 Å². The van der Waals surface area contributed by atoms with Gasteiger partial charge in [-0.2, -0.15) is 0 Å². The lowest BCUT2D eigenvalue weighted by Crippen LogP contribution is -2.42. The van der Waals surface area contributed by atoms with Crippen LogP contribution in [0.3, 0.4) is 0 Å². The number of hydrogen-bond acceptors (Lipinski definition) is 4. The number of primary amides is 1. The molecule has 0 heterocycles. The minimum absolute atomic E-state index is 0.101. The van der Waals surface area contributed by atoms with Crippen molar-refractivity contribution >= 4 is 17.6 Å². The van der Waals surface area contributed by atoms with Gasteiger partial charge in [-0.15, -0.1) is 0 Å². The third-order valence-corrected chi connectivity index (χ3v) is 4.95. The minimum Gasteiger partial charge on any atom is -0.457 e. The number of nitrogens with one attached hydrogen (secondary N) is 2. The Kier molecular flexibility index (Phi) is 6.89. The molecule has 0 aliphatic heterocycles. The molecule has 0 bridgehead atoms. The van der Waals surface area contributed by atoms with Gasteiger partial charge in [0.2, 0.25) is 0 Å². The first kappa shape index (κ1) is 21.9. The Bertz CT molecular complexity index is 1040. The molecule has 7 heteroatoms. The average molecular weight is 419 g/mol. The summed E-state index contributed by atoms with van der Waals surface area (Å²) in [5.74, 6) is 0.283. The number of urea groups is 1. The molecular formula is C24H25N3O4. The summed E-state index contributed by atoms with van der Waals surface area (Å²) in [6, 6.07) is 22.6. The second-order valence-electron chi connectivity index (χ2n) is 7.38. The van der Waals surface area contributed by atoms with E-state index in [0.717, 1.165) is 5.56 Å². The number of aliphatic hydroxyl groups excluding tert-OH is 1. The van der Waals surface area contributed by atoms with Crippen molar-refractivity contribution in [2.75, 3.05) is 18.5 Å². The van der Waals surface area contributed by atoms with Crippen LogP contribution in [0, 0.1) is 0 Å². The summed E-state index contributed by atoms with van der Waals surface area (Å²) in [5.41, 5.74) is 6.57. The third-order valence-electron chi connectivity index (χ3n) is 4.95. The SMILES string of the molecule is CC(CO)(CNC(=O)Nc1ccc(Oc2ccccc2C(N)=O)cc1)c1ccccc1. The van der Waals surface area contributed by atoms with E-state index >= 15 is 0 Å². The van der Waals surface area contributed by atoms with Gasteiger partial charge in [0.05, 0.1) is 12.2 Å². The van der Waals surface area contributed by atoms with Gasteiger partial charge in [-0.3, -0.25) is 4.79 Å². The number of benzene rings is 3. The van der Waals surface area contributed by atoms with Crippen LogP contribution in [-0.4, -0.2) is 30.2 Å². The Morgan fingerprint density at radius 2 is 1.61 bits per heavy atom. The molecule has 31 heavy (non-hydrogen) atoms. The molecule has 0 saturated carbocycles. The van der Waals surface area contributed by atoms with E-state index in [9.17, 15) is 14.7 Å². The van der Waals surface area contributed by atoms with Gasteiger partial charge in [0.15, 0.2) is 0 Å². The molecule has 160 valence electrons. The lowest BCUT2D eigenvalue weighted by atomic mass is 9.83. The van der Waals surface area contributed by atoms with Gasteiger partial charge in [0.1, 0.15) is 11.5 Å². The van der Waals surface area contributed by atoms with E-state index in [-0.39, 0.29) is 24.7 Å². The van der Waals surface area contributed by atoms with Crippen molar-refractivity contribution in [3.8, 4) is 11.5 Å². The number of para-hydroxylation sites is 1. The molecule has 1 unspecified atom stereocenters. The van der Waals surface area contributed by atoms with Crippen molar-refractivity contribution in [2.24, 2.45) is 5.73 Å². The molecule has 7 nitrogen and oxygen atoms in total. The fraction of sp³-hybridized carbons (Fsp3) is 0.167. The van der Waals surface area contributed by atoms with Crippen LogP contribution >= 0.6 is 0 Å². The molecule has 0 aromatic heterocycles. The number of carbonyl (C=O) groups is 2. The molecule has 0 radical (unpaired) electrons. The molecule has 1 atom stereocenters. The van der Waals surface area contributed by atoms with Crippen LogP contribution in [0.1, 0.15) is 22.8 Å². The van der Waals surface area contributed by atoms with Gasteiger partial charge in [-0.05, 0) is 42.0 Å². The fourth-order valence-corrected chi connectivity index (χ4v) is 3.03. The first-order chi connectivity index (χ1) is 14.9. The van der Waals surface area contributed by atoms with Crippen molar-refractivity contribution in [1.29, 1.82) is 0 Å². The molecule has 0 fully saturated rings. The van der Waals surface area contributed by atoms with E-state index in [1.54, 1.807) is 48.5 Å². The van der Waals surface area contributed by atoms with Crippen LogP contribution in [-0.2, 0) is 5.41 Å². The highest BCUT2D eigenvalue weighted by Crippen LogP contribution is 2.26. The predicted molar refractivity (Wildman–Crippen MR) is 119 cm³/mol. The molecule has 0 aliphatic carbocycles. The summed E-state index contributed by atoms with van der Waals surface area (Å²) < 4.78 is 5.73. The first-order valence-electron chi connectivity index (χ1n) is 9.79. The Balaban J connectivity index is 1.58. The second kappa shape index (κ2) is 9.77. The van der Waals surface area contributed by atoms with Crippen molar-refractivity contribution in [2.45, 2.75) is 12.3 Å². The lowest BCUT2D eigenvalue weighted by Gasteiger charge is -2.28. The van der Waals surface area contributed by atoms with E-state index in [0.29, 0.717) is 17.2 Å². The van der Waals surface area contributed by atoms with Crippen LogP contribution in [0.2, 0.25) is 0 Å². The van der Waals surface area contributed by atoms with E-state index in [2.05, 4.69) is 10.6 Å². The highest BCUT2D eigenvalue weighted by atomic mass is 16.5. The minimum atomic E-state index is -0.593. The molecule has 0 aliphatic rings. The molecule has 5 N–H and O–H groups in total. The summed E-state index contributed by atoms with van der Waals surface area (Å²) in [6.07, 6.45) is 0. The highest BCUT2D eigenvalue weighted by Gasteiger charge is 2.26. The maximum Gasteiger partial charge on any atom is 0.319 e. The van der Waals surface area contributed by atoms with Gasteiger partial charge in [-0.25, -0.2) is 4.79 Å². The molecule has 0 spiro atoms. The molecule has 3 aromatic carbocycles. The van der Waals surface area contributed by atoms with Crippen molar-refractivity contribution in [3.63, 3.8) is 0 Å². The monoisotopic (exact) mass is 419 g/mol. The zero-order valence-electron chi connectivity index (χ0n) is 17.2. The topological polar surface area (TPSA) is 114 Å². The number of nitrogens with two attached hydrogens (primary N) is 1. The number of ether oxygens (including phenoxy) is 1. The number of carbonyl (C=O) groups excluding carboxylic acids is 2. The summed E-state index contributed by atoms with van der Waals surface area (Å²) in [7, 11) is 0. The van der Waals surface area contributed by atoms with E-state index in [1.807, 2.05) is 37.3 Å². The number of rotatable bonds is 8. The Morgan fingerprint density at radius 1 is 0.968 bits per heavy atom. The van der Waals surface area contributed by atoms with Gasteiger partial charge in [0.25, 0.3) is 5.91 Å². The highest BCUT2D eigenvalue weighted by molar-refractivity contribution is 5.95. The summed E-state index contributed by atoms with van der Waals surface area (Å²) in [5, 5.41) is 15.4. The molecule has 3 amide bonds. The average Bonchev–Trinajstić information content (AvgIpc) is 2.79. The summed E-state index contributed by atoms with van der Waals surface area (Å²) in [6.45, 7) is 2.05. The largest absolute Gasteiger partial charge is 0.457 e. The van der Waals surface area contributed by atoms with E-state index < -0.39 is 11.3 Å². The van der Waals surface area contributed by atoms with Crippen LogP contribution in [0.5, 0.6) is 11.5 Å². The Labute approximate surface area is 180 Å². The van der Waals surface area contributed by atoms with Gasteiger partial charge in [0, 0.05) is 17.6 Å². The van der Waals surface area contributed by atoms with Crippen LogP contribution in [0.25, 0.3) is 0 Å². The fourth-order valence-electron chi connectivity index (χ4n) is 3.03. The Hall–Kier alpha value is -3.84. The maximum absolute atomic E-state index is 12.3. The summed E-state index contributed by atoms with van der Waals surface area (Å²) in [4.78, 5) is 23.8. The van der Waals surface area contributed by atoms with Gasteiger partial charge in [-0.1, -0.05) is 49.4 Å². The van der Waals surface area contributed by atoms with Gasteiger partial charge >= 0.3 is 6.03 Å². The Morgan fingerprint density at radius 3 is 2.26 bits per heavy atom. The van der Waals surface area contributed by atoms with E-state index in [4.69, 9.17) is 10.5 Å². The van der Waals surface area contributed by atoms with Crippen molar-refractivity contribution in [1.82, 2.24) is 5.32 Å². The van der Waals surface area contributed by atoms with Crippen LogP contribution in [0.15, 0.2) is 78.9 Å². The number of hydrogen-bond donors (Lipinski definition) is 4. The normalized spacial score (nSPS) is 12.5. The van der Waals surface area contributed by atoms with Crippen LogP contribution in [0.4, 0.5) is 10.5 Å². The van der Waals surface area contributed by atoms with E-state index in [1.165, 1.54) is 0 Å². The lowest BCUT2D eigenvalue weighted by molar-refractivity contribution is 0.0998.